The molecule has 0 aliphatic carbocycles. The first kappa shape index (κ1) is 18.8. The molecule has 1 amide bonds. The van der Waals surface area contributed by atoms with Gasteiger partial charge in [-0.2, -0.15) is 4.31 Å². The molecular weight excluding hydrogens is 390 g/mol. The van der Waals surface area contributed by atoms with E-state index in [1.807, 2.05) is 0 Å². The Morgan fingerprint density at radius 2 is 1.89 bits per heavy atom. The third-order valence-corrected chi connectivity index (χ3v) is 7.42. The van der Waals surface area contributed by atoms with Crippen LogP contribution in [-0.2, 0) is 20.2 Å². The lowest BCUT2D eigenvalue weighted by molar-refractivity contribution is -0.122. The van der Waals surface area contributed by atoms with Gasteiger partial charge in [0.15, 0.2) is 0 Å². The number of amides is 1. The number of hydrogen-bond acceptors (Lipinski definition) is 4. The van der Waals surface area contributed by atoms with E-state index in [0.29, 0.717) is 23.1 Å². The molecule has 0 bridgehead atoms. The summed E-state index contributed by atoms with van der Waals surface area (Å²) in [7, 11) is -1.07. The van der Waals surface area contributed by atoms with E-state index in [4.69, 9.17) is 4.74 Å². The molecule has 0 unspecified atom stereocenters. The Morgan fingerprint density at radius 3 is 2.57 bits per heavy atom. The average molecular weight is 408 g/mol. The van der Waals surface area contributed by atoms with Crippen LogP contribution in [0.1, 0.15) is 12.0 Å². The fraction of sp³-hybridized carbons (Fsp3) is 0.316. The number of likely N-dealkylation sites (N-methyl/N-ethyl adjacent to an activating group) is 1. The Kier molecular flexibility index (Phi) is 4.20. The summed E-state index contributed by atoms with van der Waals surface area (Å²) >= 11 is 0. The topological polar surface area (TPSA) is 66.9 Å². The van der Waals surface area contributed by atoms with Gasteiger partial charge in [-0.3, -0.25) is 4.79 Å². The molecule has 1 spiro atoms. The number of nitrogens with zero attached hydrogens (tertiary/aromatic N) is 2. The van der Waals surface area contributed by atoms with Crippen molar-refractivity contribution in [2.24, 2.45) is 0 Å². The summed E-state index contributed by atoms with van der Waals surface area (Å²) in [5.74, 6) is -1.67. The first-order valence-electron chi connectivity index (χ1n) is 8.62. The maximum atomic E-state index is 14.1. The first-order valence-corrected chi connectivity index (χ1v) is 10.1. The Bertz CT molecular complexity index is 1090. The van der Waals surface area contributed by atoms with Crippen molar-refractivity contribution in [1.29, 1.82) is 0 Å². The normalized spacial score (nSPS) is 22.1. The van der Waals surface area contributed by atoms with Gasteiger partial charge in [-0.1, -0.05) is 0 Å². The van der Waals surface area contributed by atoms with Crippen molar-refractivity contribution < 1.29 is 26.7 Å². The van der Waals surface area contributed by atoms with E-state index in [1.54, 1.807) is 25.2 Å². The Morgan fingerprint density at radius 1 is 1.14 bits per heavy atom. The van der Waals surface area contributed by atoms with Crippen molar-refractivity contribution in [1.82, 2.24) is 4.31 Å². The van der Waals surface area contributed by atoms with Crippen molar-refractivity contribution in [2.45, 2.75) is 16.7 Å². The molecule has 2 aromatic carbocycles. The van der Waals surface area contributed by atoms with Gasteiger partial charge in [0.1, 0.15) is 22.3 Å². The predicted octanol–water partition coefficient (Wildman–Crippen LogP) is 2.28. The minimum absolute atomic E-state index is 0.0510. The molecule has 28 heavy (non-hydrogen) atoms. The summed E-state index contributed by atoms with van der Waals surface area (Å²) in [4.78, 5) is 13.9. The lowest BCUT2D eigenvalue weighted by Gasteiger charge is -2.23. The Labute approximate surface area is 161 Å². The summed E-state index contributed by atoms with van der Waals surface area (Å²) in [6.45, 7) is -0.0646. The van der Waals surface area contributed by atoms with Crippen molar-refractivity contribution >= 4 is 21.6 Å². The first-order chi connectivity index (χ1) is 13.2. The third-order valence-electron chi connectivity index (χ3n) is 5.54. The number of anilines is 1. The van der Waals surface area contributed by atoms with E-state index in [-0.39, 0.29) is 25.4 Å². The van der Waals surface area contributed by atoms with Gasteiger partial charge in [0.05, 0.1) is 12.5 Å². The number of sulfonamides is 1. The number of carbonyl (C=O) groups excluding carboxylic acids is 1. The summed E-state index contributed by atoms with van der Waals surface area (Å²) in [6.07, 6.45) is 0.262. The van der Waals surface area contributed by atoms with Crippen LogP contribution in [0.5, 0.6) is 5.75 Å². The molecular formula is C19H18F2N2O4S. The van der Waals surface area contributed by atoms with Crippen LogP contribution in [0.4, 0.5) is 14.5 Å². The zero-order valence-corrected chi connectivity index (χ0v) is 16.1. The van der Waals surface area contributed by atoms with Gasteiger partial charge in [0.25, 0.3) is 0 Å². The average Bonchev–Trinajstić information content (AvgIpc) is 3.20. The standard InChI is InChI=1S/C19H18F2N2O4S/c1-22-16-5-4-13(27-2)10-14(16)19(18(22)24)7-8-23(11-19)28(25,26)17-6-3-12(20)9-15(17)21/h3-6,9-10H,7-8,11H2,1-2H3/t19-/m1/s1. The highest BCUT2D eigenvalue weighted by Gasteiger charge is 2.55. The fourth-order valence-electron chi connectivity index (χ4n) is 4.06. The van der Waals surface area contributed by atoms with E-state index in [1.165, 1.54) is 12.0 Å². The highest BCUT2D eigenvalue weighted by atomic mass is 32.2. The highest BCUT2D eigenvalue weighted by Crippen LogP contribution is 2.48. The van der Waals surface area contributed by atoms with Crippen molar-refractivity contribution in [2.75, 3.05) is 32.1 Å². The van der Waals surface area contributed by atoms with E-state index >= 15 is 0 Å². The number of rotatable bonds is 3. The molecule has 2 aromatic rings. The summed E-state index contributed by atoms with van der Waals surface area (Å²) in [5.41, 5.74) is 0.331. The smallest absolute Gasteiger partial charge is 0.246 e. The van der Waals surface area contributed by atoms with E-state index in [0.717, 1.165) is 16.4 Å². The number of ether oxygens (including phenoxy) is 1. The second-order valence-electron chi connectivity index (χ2n) is 6.99. The monoisotopic (exact) mass is 408 g/mol. The van der Waals surface area contributed by atoms with Crippen molar-refractivity contribution in [3.63, 3.8) is 0 Å². The summed E-state index contributed by atoms with van der Waals surface area (Å²) in [5, 5.41) is 0. The molecule has 148 valence electrons. The lowest BCUT2D eigenvalue weighted by Crippen LogP contribution is -2.42. The molecule has 2 aliphatic heterocycles. The van der Waals surface area contributed by atoms with E-state index < -0.39 is 32.0 Å². The van der Waals surface area contributed by atoms with Crippen LogP contribution in [-0.4, -0.2) is 45.9 Å². The molecule has 1 saturated heterocycles. The molecule has 2 heterocycles. The van der Waals surface area contributed by atoms with Gasteiger partial charge in [-0.15, -0.1) is 0 Å². The van der Waals surface area contributed by atoms with Crippen LogP contribution in [0.2, 0.25) is 0 Å². The molecule has 2 aliphatic rings. The SMILES string of the molecule is COc1ccc2c(c1)[C@]1(CCN(S(=O)(=O)c3ccc(F)cc3F)C1)C(=O)N2C. The second-order valence-corrected chi connectivity index (χ2v) is 8.90. The maximum Gasteiger partial charge on any atom is 0.246 e. The number of carbonyl (C=O) groups is 1. The molecule has 0 N–H and O–H groups in total. The number of hydrogen-bond donors (Lipinski definition) is 0. The molecule has 6 nitrogen and oxygen atoms in total. The third kappa shape index (κ3) is 2.53. The minimum atomic E-state index is -4.22. The fourth-order valence-corrected chi connectivity index (χ4v) is 5.61. The number of benzene rings is 2. The molecule has 1 atom stereocenters. The van der Waals surface area contributed by atoms with Gasteiger partial charge in [0.2, 0.25) is 15.9 Å². The van der Waals surface area contributed by atoms with Crippen LogP contribution in [0.15, 0.2) is 41.3 Å². The molecule has 0 saturated carbocycles. The van der Waals surface area contributed by atoms with Crippen molar-refractivity contribution in [3.8, 4) is 5.75 Å². The van der Waals surface area contributed by atoms with Gasteiger partial charge < -0.3 is 9.64 Å². The van der Waals surface area contributed by atoms with Crippen LogP contribution < -0.4 is 9.64 Å². The van der Waals surface area contributed by atoms with Crippen LogP contribution in [0.3, 0.4) is 0 Å². The minimum Gasteiger partial charge on any atom is -0.497 e. The number of halogens is 2. The van der Waals surface area contributed by atoms with Crippen LogP contribution in [0, 0.1) is 11.6 Å². The molecule has 1 fully saturated rings. The van der Waals surface area contributed by atoms with Gasteiger partial charge in [0, 0.05) is 31.9 Å². The maximum absolute atomic E-state index is 14.1. The van der Waals surface area contributed by atoms with Gasteiger partial charge in [-0.05, 0) is 42.3 Å². The molecule has 0 aromatic heterocycles. The van der Waals surface area contributed by atoms with Crippen LogP contribution >= 0.6 is 0 Å². The molecule has 0 radical (unpaired) electrons. The Balaban J connectivity index is 1.75. The lowest BCUT2D eigenvalue weighted by atomic mass is 9.81. The van der Waals surface area contributed by atoms with E-state index in [9.17, 15) is 22.0 Å². The summed E-state index contributed by atoms with van der Waals surface area (Å²) < 4.78 is 59.5. The molecule has 9 heteroatoms. The van der Waals surface area contributed by atoms with E-state index in [2.05, 4.69) is 0 Å². The van der Waals surface area contributed by atoms with Crippen LogP contribution in [0.25, 0.3) is 0 Å². The second kappa shape index (κ2) is 6.25. The predicted molar refractivity (Wildman–Crippen MR) is 97.8 cm³/mol. The van der Waals surface area contributed by atoms with Gasteiger partial charge in [-0.25, -0.2) is 17.2 Å². The van der Waals surface area contributed by atoms with Crippen molar-refractivity contribution in [3.05, 3.63) is 53.6 Å². The quantitative estimate of drug-likeness (QED) is 0.782. The van der Waals surface area contributed by atoms with Gasteiger partial charge >= 0.3 is 0 Å². The Hall–Kier alpha value is -2.52. The molecule has 4 rings (SSSR count). The zero-order valence-electron chi connectivity index (χ0n) is 15.3. The summed E-state index contributed by atoms with van der Waals surface area (Å²) in [6, 6.07) is 7.58. The number of methoxy groups -OCH3 is 1. The number of fused-ring (bicyclic) bond motifs is 2. The highest BCUT2D eigenvalue weighted by molar-refractivity contribution is 7.89. The largest absolute Gasteiger partial charge is 0.497 e. The zero-order chi connectivity index (χ0) is 20.3.